The van der Waals surface area contributed by atoms with Gasteiger partial charge in [-0.3, -0.25) is 0 Å². The van der Waals surface area contributed by atoms with E-state index in [1.807, 2.05) is 6.07 Å². The smallest absolute Gasteiger partial charge is 0.0980 e. The van der Waals surface area contributed by atoms with Crippen molar-refractivity contribution < 1.29 is 4.42 Å². The van der Waals surface area contributed by atoms with Gasteiger partial charge in [-0.2, -0.15) is 0 Å². The van der Waals surface area contributed by atoms with Gasteiger partial charge in [-0.1, -0.05) is 38.1 Å². The molecule has 1 nitrogen and oxygen atoms in total. The van der Waals surface area contributed by atoms with Crippen LogP contribution in [0.1, 0.15) is 25.3 Å². The minimum absolute atomic E-state index is 0.571. The van der Waals surface area contributed by atoms with Crippen LogP contribution >= 0.6 is 0 Å². The number of rotatable bonds is 2. The Morgan fingerprint density at radius 1 is 1.07 bits per heavy atom. The largest absolute Gasteiger partial charge is 0.472 e. The van der Waals surface area contributed by atoms with Crippen molar-refractivity contribution in [3.63, 3.8) is 0 Å². The fraction of sp³-hybridized carbons (Fsp3) is 0.231. The highest BCUT2D eigenvalue weighted by Gasteiger charge is 2.02. The fourth-order valence-corrected chi connectivity index (χ4v) is 1.51. The Balaban J connectivity index is 2.41. The summed E-state index contributed by atoms with van der Waals surface area (Å²) >= 11 is 0. The van der Waals surface area contributed by atoms with Crippen LogP contribution in [-0.2, 0) is 0 Å². The molecule has 1 heterocycles. The van der Waals surface area contributed by atoms with Crippen molar-refractivity contribution in [3.8, 4) is 11.1 Å². The minimum atomic E-state index is 0.571. The highest BCUT2D eigenvalue weighted by Crippen LogP contribution is 2.23. The van der Waals surface area contributed by atoms with Gasteiger partial charge >= 0.3 is 0 Å². The molecule has 0 radical (unpaired) electrons. The molecule has 0 unspecified atom stereocenters. The van der Waals surface area contributed by atoms with Gasteiger partial charge in [0.25, 0.3) is 0 Å². The summed E-state index contributed by atoms with van der Waals surface area (Å²) in [5.41, 5.74) is 3.74. The zero-order valence-electron chi connectivity index (χ0n) is 8.53. The number of hydrogen-bond acceptors (Lipinski definition) is 1. The third-order valence-electron chi connectivity index (χ3n) is 2.41. The summed E-state index contributed by atoms with van der Waals surface area (Å²) in [5.74, 6) is 0.571. The van der Waals surface area contributed by atoms with Gasteiger partial charge in [0.15, 0.2) is 0 Å². The van der Waals surface area contributed by atoms with Crippen LogP contribution in [0.15, 0.2) is 47.3 Å². The van der Waals surface area contributed by atoms with Gasteiger partial charge in [0.2, 0.25) is 0 Å². The van der Waals surface area contributed by atoms with Crippen LogP contribution in [0.4, 0.5) is 0 Å². The molecule has 1 aromatic carbocycles. The number of furan rings is 1. The molecule has 0 bridgehead atoms. The second kappa shape index (κ2) is 3.70. The van der Waals surface area contributed by atoms with E-state index < -0.39 is 0 Å². The molecule has 1 heteroatoms. The Hall–Kier alpha value is -1.50. The first-order chi connectivity index (χ1) is 6.77. The maximum absolute atomic E-state index is 5.07. The molecule has 72 valence electrons. The molecule has 0 amide bonds. The van der Waals surface area contributed by atoms with Gasteiger partial charge in [-0.25, -0.2) is 0 Å². The summed E-state index contributed by atoms with van der Waals surface area (Å²) in [6.45, 7) is 4.41. The molecular weight excluding hydrogens is 172 g/mol. The molecule has 0 spiro atoms. The molecule has 0 saturated heterocycles. The first-order valence-corrected chi connectivity index (χ1v) is 4.90. The second-order valence-electron chi connectivity index (χ2n) is 3.79. The summed E-state index contributed by atoms with van der Waals surface area (Å²) in [6, 6.07) is 10.6. The van der Waals surface area contributed by atoms with Crippen molar-refractivity contribution in [2.45, 2.75) is 19.8 Å². The van der Waals surface area contributed by atoms with E-state index in [4.69, 9.17) is 4.42 Å². The van der Waals surface area contributed by atoms with Gasteiger partial charge in [0, 0.05) is 5.56 Å². The summed E-state index contributed by atoms with van der Waals surface area (Å²) < 4.78 is 5.07. The molecule has 0 saturated carbocycles. The quantitative estimate of drug-likeness (QED) is 0.689. The Bertz CT molecular complexity index is 399. The molecule has 0 aliphatic heterocycles. The average Bonchev–Trinajstić information content (AvgIpc) is 2.71. The minimum Gasteiger partial charge on any atom is -0.472 e. The van der Waals surface area contributed by atoms with Crippen molar-refractivity contribution in [1.82, 2.24) is 0 Å². The lowest BCUT2D eigenvalue weighted by atomic mass is 9.99. The number of benzene rings is 1. The van der Waals surface area contributed by atoms with Gasteiger partial charge in [-0.15, -0.1) is 0 Å². The summed E-state index contributed by atoms with van der Waals surface area (Å²) in [7, 11) is 0. The van der Waals surface area contributed by atoms with Gasteiger partial charge < -0.3 is 4.42 Å². The van der Waals surface area contributed by atoms with Gasteiger partial charge in [-0.05, 0) is 23.1 Å². The van der Waals surface area contributed by atoms with E-state index >= 15 is 0 Å². The third-order valence-corrected chi connectivity index (χ3v) is 2.41. The maximum atomic E-state index is 5.07. The Labute approximate surface area is 84.4 Å². The molecule has 0 aliphatic rings. The molecule has 2 rings (SSSR count). The molecule has 0 fully saturated rings. The molecule has 0 aliphatic carbocycles. The zero-order chi connectivity index (χ0) is 9.97. The van der Waals surface area contributed by atoms with E-state index in [0.717, 1.165) is 5.56 Å². The van der Waals surface area contributed by atoms with E-state index in [1.165, 1.54) is 11.1 Å². The van der Waals surface area contributed by atoms with Crippen molar-refractivity contribution in [3.05, 3.63) is 48.4 Å². The summed E-state index contributed by atoms with van der Waals surface area (Å²) in [5, 5.41) is 0. The zero-order valence-corrected chi connectivity index (χ0v) is 8.53. The lowest BCUT2D eigenvalue weighted by Crippen LogP contribution is -1.86. The standard InChI is InChI=1S/C13H14O/c1-10(2)11-4-3-5-12(8-11)13-6-7-14-9-13/h3-10H,1-2H3. The molecule has 0 N–H and O–H groups in total. The van der Waals surface area contributed by atoms with E-state index in [2.05, 4.69) is 38.1 Å². The monoisotopic (exact) mass is 186 g/mol. The lowest BCUT2D eigenvalue weighted by molar-refractivity contribution is 0.568. The SMILES string of the molecule is CC(C)c1cccc(-c2ccoc2)c1. The third kappa shape index (κ3) is 1.72. The Morgan fingerprint density at radius 2 is 1.93 bits per heavy atom. The first-order valence-electron chi connectivity index (χ1n) is 4.90. The average molecular weight is 186 g/mol. The van der Waals surface area contributed by atoms with Crippen LogP contribution in [0.2, 0.25) is 0 Å². The van der Waals surface area contributed by atoms with Crippen molar-refractivity contribution in [1.29, 1.82) is 0 Å². The Kier molecular flexibility index (Phi) is 2.40. The van der Waals surface area contributed by atoms with Gasteiger partial charge in [0.1, 0.15) is 0 Å². The molecular formula is C13H14O. The highest BCUT2D eigenvalue weighted by atomic mass is 16.3. The van der Waals surface area contributed by atoms with Crippen molar-refractivity contribution in [2.24, 2.45) is 0 Å². The predicted octanol–water partition coefficient (Wildman–Crippen LogP) is 4.07. The van der Waals surface area contributed by atoms with Crippen molar-refractivity contribution in [2.75, 3.05) is 0 Å². The number of hydrogen-bond donors (Lipinski definition) is 0. The molecule has 2 aromatic rings. The van der Waals surface area contributed by atoms with E-state index in [9.17, 15) is 0 Å². The predicted molar refractivity (Wildman–Crippen MR) is 58.2 cm³/mol. The highest BCUT2D eigenvalue weighted by molar-refractivity contribution is 5.62. The van der Waals surface area contributed by atoms with Crippen molar-refractivity contribution >= 4 is 0 Å². The van der Waals surface area contributed by atoms with Crippen LogP contribution < -0.4 is 0 Å². The normalized spacial score (nSPS) is 10.8. The molecule has 14 heavy (non-hydrogen) atoms. The summed E-state index contributed by atoms with van der Waals surface area (Å²) in [4.78, 5) is 0. The topological polar surface area (TPSA) is 13.1 Å². The van der Waals surface area contributed by atoms with Crippen LogP contribution in [0, 0.1) is 0 Å². The van der Waals surface area contributed by atoms with E-state index in [0.29, 0.717) is 5.92 Å². The van der Waals surface area contributed by atoms with Crippen LogP contribution in [0.3, 0.4) is 0 Å². The first kappa shape index (κ1) is 9.07. The van der Waals surface area contributed by atoms with Crippen LogP contribution in [0.25, 0.3) is 11.1 Å². The van der Waals surface area contributed by atoms with Gasteiger partial charge in [0.05, 0.1) is 12.5 Å². The van der Waals surface area contributed by atoms with Crippen LogP contribution in [0.5, 0.6) is 0 Å². The fourth-order valence-electron chi connectivity index (χ4n) is 1.51. The van der Waals surface area contributed by atoms with E-state index in [-0.39, 0.29) is 0 Å². The lowest BCUT2D eigenvalue weighted by Gasteiger charge is -2.06. The van der Waals surface area contributed by atoms with Crippen LogP contribution in [-0.4, -0.2) is 0 Å². The Morgan fingerprint density at radius 3 is 2.57 bits per heavy atom. The molecule has 0 atom stereocenters. The second-order valence-corrected chi connectivity index (χ2v) is 3.79. The maximum Gasteiger partial charge on any atom is 0.0980 e. The van der Waals surface area contributed by atoms with E-state index in [1.54, 1.807) is 12.5 Å². The summed E-state index contributed by atoms with van der Waals surface area (Å²) in [6.07, 6.45) is 3.48. The molecule has 1 aromatic heterocycles.